The van der Waals surface area contributed by atoms with Crippen molar-refractivity contribution in [3.05, 3.63) is 59.7 Å². The summed E-state index contributed by atoms with van der Waals surface area (Å²) in [6, 6.07) is 15.2. The van der Waals surface area contributed by atoms with Crippen LogP contribution >= 0.6 is 0 Å². The van der Waals surface area contributed by atoms with Crippen LogP contribution in [0.3, 0.4) is 0 Å². The van der Waals surface area contributed by atoms with Crippen molar-refractivity contribution in [2.45, 2.75) is 51.1 Å². The fraction of sp³-hybridized carbons (Fsp3) is 0.375. The maximum Gasteiger partial charge on any atom is 0.407 e. The van der Waals surface area contributed by atoms with Crippen LogP contribution in [0.15, 0.2) is 48.5 Å². The van der Waals surface area contributed by atoms with E-state index in [1.165, 1.54) is 13.8 Å². The molecule has 0 saturated carbocycles. The number of hydrogen-bond donors (Lipinski definition) is 3. The van der Waals surface area contributed by atoms with Crippen molar-refractivity contribution in [3.8, 4) is 11.1 Å². The minimum Gasteiger partial charge on any atom is -0.480 e. The molecule has 0 saturated heterocycles. The molecule has 1 atom stereocenters. The lowest BCUT2D eigenvalue weighted by molar-refractivity contribution is -0.146. The van der Waals surface area contributed by atoms with Crippen LogP contribution in [-0.4, -0.2) is 41.3 Å². The molecule has 0 aliphatic heterocycles. The molecule has 0 heterocycles. The lowest BCUT2D eigenvalue weighted by Gasteiger charge is -2.25. The lowest BCUT2D eigenvalue weighted by atomic mass is 9.98. The average Bonchev–Trinajstić information content (AvgIpc) is 3.05. The number of nitrogens with one attached hydrogen (secondary N) is 2. The van der Waals surface area contributed by atoms with Crippen LogP contribution in [0.5, 0.6) is 0 Å². The Bertz CT molecular complexity index is 940. The molecule has 0 fully saturated rings. The van der Waals surface area contributed by atoms with Crippen LogP contribution in [0.4, 0.5) is 4.79 Å². The lowest BCUT2D eigenvalue weighted by Crippen LogP contribution is -2.56. The van der Waals surface area contributed by atoms with Crippen LogP contribution < -0.4 is 10.6 Å². The summed E-state index contributed by atoms with van der Waals surface area (Å²) in [5.74, 6) is -1.79. The van der Waals surface area contributed by atoms with Gasteiger partial charge < -0.3 is 20.5 Å². The first-order valence-corrected chi connectivity index (χ1v) is 10.4. The quantitative estimate of drug-likeness (QED) is 0.600. The molecule has 0 bridgehead atoms. The van der Waals surface area contributed by atoms with E-state index >= 15 is 0 Å². The van der Waals surface area contributed by atoms with Crippen molar-refractivity contribution in [1.82, 2.24) is 10.6 Å². The van der Waals surface area contributed by atoms with Crippen LogP contribution in [0.25, 0.3) is 11.1 Å². The number of carbonyl (C=O) groups excluding carboxylic acids is 2. The number of carboxylic acid groups (broad SMARTS) is 1. The predicted octanol–water partition coefficient (Wildman–Crippen LogP) is 3.67. The van der Waals surface area contributed by atoms with E-state index in [-0.39, 0.29) is 12.5 Å². The number of carbonyl (C=O) groups is 3. The van der Waals surface area contributed by atoms with E-state index in [9.17, 15) is 19.5 Å². The Morgan fingerprint density at radius 3 is 2.10 bits per heavy atom. The summed E-state index contributed by atoms with van der Waals surface area (Å²) in [4.78, 5) is 36.3. The summed E-state index contributed by atoms with van der Waals surface area (Å²) >= 11 is 0. The van der Waals surface area contributed by atoms with Crippen molar-refractivity contribution < 1.29 is 24.2 Å². The largest absolute Gasteiger partial charge is 0.480 e. The number of alkyl carbamates (subject to hydrolysis) is 1. The van der Waals surface area contributed by atoms with E-state index in [1.807, 2.05) is 43.3 Å². The fourth-order valence-electron chi connectivity index (χ4n) is 3.79. The number of carboxylic acids is 1. The highest BCUT2D eigenvalue weighted by Gasteiger charge is 2.33. The zero-order valence-electron chi connectivity index (χ0n) is 18.0. The van der Waals surface area contributed by atoms with Crippen LogP contribution in [0.1, 0.15) is 50.7 Å². The van der Waals surface area contributed by atoms with E-state index in [0.717, 1.165) is 22.3 Å². The second-order valence-corrected chi connectivity index (χ2v) is 8.23. The summed E-state index contributed by atoms with van der Waals surface area (Å²) in [6.45, 7) is 4.80. The summed E-state index contributed by atoms with van der Waals surface area (Å²) in [7, 11) is 0. The smallest absolute Gasteiger partial charge is 0.407 e. The monoisotopic (exact) mass is 424 g/mol. The van der Waals surface area contributed by atoms with E-state index in [4.69, 9.17) is 4.74 Å². The van der Waals surface area contributed by atoms with Gasteiger partial charge in [-0.1, -0.05) is 61.9 Å². The molecule has 0 unspecified atom stereocenters. The first-order valence-electron chi connectivity index (χ1n) is 10.4. The minimum absolute atomic E-state index is 0.0810. The molecule has 0 radical (unpaired) electrons. The Morgan fingerprint density at radius 2 is 1.58 bits per heavy atom. The van der Waals surface area contributed by atoms with Gasteiger partial charge in [-0.05, 0) is 42.5 Å². The van der Waals surface area contributed by atoms with Crippen molar-refractivity contribution >= 4 is 18.0 Å². The van der Waals surface area contributed by atoms with Gasteiger partial charge in [0.05, 0.1) is 0 Å². The summed E-state index contributed by atoms with van der Waals surface area (Å²) in [6.07, 6.45) is 0.296. The average molecular weight is 424 g/mol. The molecule has 31 heavy (non-hydrogen) atoms. The zero-order valence-corrected chi connectivity index (χ0v) is 18.0. The molecule has 7 nitrogen and oxygen atoms in total. The Kier molecular flexibility index (Phi) is 6.63. The number of ether oxygens (including phenoxy) is 1. The predicted molar refractivity (Wildman–Crippen MR) is 117 cm³/mol. The first-order chi connectivity index (χ1) is 14.7. The normalized spacial score (nSPS) is 13.6. The highest BCUT2D eigenvalue weighted by Crippen LogP contribution is 2.44. The standard InChI is InChI=1S/C24H28N2O5/c1-4-9-20(21(27)26-24(2,3)22(28)29)25-23(30)31-14-19-17-12-7-5-10-15(17)16-11-6-8-13-18(16)19/h5-8,10-13,19-20H,4,9,14H2,1-3H3,(H,25,30)(H,26,27)(H,28,29)/t20-/m1/s1. The van der Waals surface area contributed by atoms with Crippen molar-refractivity contribution in [1.29, 1.82) is 0 Å². The van der Waals surface area contributed by atoms with Crippen molar-refractivity contribution in [2.75, 3.05) is 6.61 Å². The van der Waals surface area contributed by atoms with Gasteiger partial charge in [0, 0.05) is 5.92 Å². The van der Waals surface area contributed by atoms with Gasteiger partial charge in [0.2, 0.25) is 5.91 Å². The Labute approximate surface area is 181 Å². The number of benzene rings is 2. The highest BCUT2D eigenvalue weighted by atomic mass is 16.5. The summed E-state index contributed by atoms with van der Waals surface area (Å²) < 4.78 is 5.50. The summed E-state index contributed by atoms with van der Waals surface area (Å²) in [5.41, 5.74) is 3.02. The van der Waals surface area contributed by atoms with Gasteiger partial charge in [0.25, 0.3) is 0 Å². The number of fused-ring (bicyclic) bond motifs is 3. The molecule has 0 spiro atoms. The van der Waals surface area contributed by atoms with Crippen molar-refractivity contribution in [2.24, 2.45) is 0 Å². The number of hydrogen-bond acceptors (Lipinski definition) is 4. The Balaban J connectivity index is 1.66. The third-order valence-corrected chi connectivity index (χ3v) is 5.50. The number of amides is 2. The van der Waals surface area contributed by atoms with Gasteiger partial charge in [-0.2, -0.15) is 0 Å². The molecule has 1 aliphatic carbocycles. The van der Waals surface area contributed by atoms with Crippen LogP contribution in [0, 0.1) is 0 Å². The zero-order chi connectivity index (χ0) is 22.6. The molecular formula is C24H28N2O5. The highest BCUT2D eigenvalue weighted by molar-refractivity contribution is 5.90. The van der Waals surface area contributed by atoms with Gasteiger partial charge in [0.1, 0.15) is 18.2 Å². The van der Waals surface area contributed by atoms with Gasteiger partial charge >= 0.3 is 12.1 Å². The Morgan fingerprint density at radius 1 is 1.03 bits per heavy atom. The Hall–Kier alpha value is -3.35. The minimum atomic E-state index is -1.44. The van der Waals surface area contributed by atoms with Gasteiger partial charge in [0.15, 0.2) is 0 Å². The van der Waals surface area contributed by atoms with Gasteiger partial charge in [-0.3, -0.25) is 4.79 Å². The third kappa shape index (κ3) is 4.87. The van der Waals surface area contributed by atoms with Crippen molar-refractivity contribution in [3.63, 3.8) is 0 Å². The van der Waals surface area contributed by atoms with Gasteiger partial charge in [-0.15, -0.1) is 0 Å². The SMILES string of the molecule is CCC[C@@H](NC(=O)OCC1c2ccccc2-c2ccccc21)C(=O)NC(C)(C)C(=O)O. The molecule has 164 valence electrons. The second-order valence-electron chi connectivity index (χ2n) is 8.23. The summed E-state index contributed by atoms with van der Waals surface area (Å²) in [5, 5.41) is 14.3. The molecular weight excluding hydrogens is 396 g/mol. The molecule has 3 N–H and O–H groups in total. The topological polar surface area (TPSA) is 105 Å². The molecule has 0 aromatic heterocycles. The number of rotatable bonds is 8. The molecule has 2 amide bonds. The van der Waals surface area contributed by atoms with E-state index in [1.54, 1.807) is 0 Å². The van der Waals surface area contributed by atoms with Crippen LogP contribution in [-0.2, 0) is 14.3 Å². The molecule has 2 aromatic rings. The van der Waals surface area contributed by atoms with E-state index < -0.39 is 29.6 Å². The van der Waals surface area contributed by atoms with Gasteiger partial charge in [-0.25, -0.2) is 9.59 Å². The molecule has 1 aliphatic rings. The van der Waals surface area contributed by atoms with E-state index in [2.05, 4.69) is 22.8 Å². The number of aliphatic carboxylic acids is 1. The van der Waals surface area contributed by atoms with Crippen LogP contribution in [0.2, 0.25) is 0 Å². The fourth-order valence-corrected chi connectivity index (χ4v) is 3.79. The maximum absolute atomic E-state index is 12.5. The molecule has 7 heteroatoms. The molecule has 2 aromatic carbocycles. The van der Waals surface area contributed by atoms with E-state index in [0.29, 0.717) is 12.8 Å². The second kappa shape index (κ2) is 9.20. The third-order valence-electron chi connectivity index (χ3n) is 5.50. The maximum atomic E-state index is 12.5. The first kappa shape index (κ1) is 22.3. The molecule has 3 rings (SSSR count).